The van der Waals surface area contributed by atoms with Crippen LogP contribution in [-0.4, -0.2) is 35.6 Å². The van der Waals surface area contributed by atoms with Crippen molar-refractivity contribution in [3.05, 3.63) is 42.5 Å². The molecule has 0 radical (unpaired) electrons. The van der Waals surface area contributed by atoms with Gasteiger partial charge in [0.25, 0.3) is 0 Å². The molecule has 0 aliphatic carbocycles. The SMILES string of the molecule is COB(OC)c1c2c(OC)cccc2cc2cccc(OC)c12. The molecule has 118 valence electrons. The Morgan fingerprint density at radius 2 is 1.17 bits per heavy atom. The lowest BCUT2D eigenvalue weighted by molar-refractivity contribution is 0.292. The summed E-state index contributed by atoms with van der Waals surface area (Å²) in [6.45, 7) is 0. The topological polar surface area (TPSA) is 36.9 Å². The van der Waals surface area contributed by atoms with Crippen LogP contribution in [-0.2, 0) is 9.31 Å². The summed E-state index contributed by atoms with van der Waals surface area (Å²) >= 11 is 0. The Morgan fingerprint density at radius 3 is 1.57 bits per heavy atom. The Labute approximate surface area is 136 Å². The lowest BCUT2D eigenvalue weighted by atomic mass is 9.72. The quantitative estimate of drug-likeness (QED) is 0.536. The highest BCUT2D eigenvalue weighted by Gasteiger charge is 2.27. The van der Waals surface area contributed by atoms with Gasteiger partial charge in [0, 0.05) is 30.5 Å². The third kappa shape index (κ3) is 2.52. The van der Waals surface area contributed by atoms with Crippen molar-refractivity contribution in [2.45, 2.75) is 0 Å². The summed E-state index contributed by atoms with van der Waals surface area (Å²) in [5.74, 6) is 1.56. The van der Waals surface area contributed by atoms with Crippen molar-refractivity contribution in [2.24, 2.45) is 0 Å². The third-order valence-corrected chi connectivity index (χ3v) is 4.07. The van der Waals surface area contributed by atoms with E-state index >= 15 is 0 Å². The van der Waals surface area contributed by atoms with E-state index in [1.165, 1.54) is 0 Å². The molecular weight excluding hydrogens is 291 g/mol. The lowest BCUT2D eigenvalue weighted by Gasteiger charge is -2.19. The van der Waals surface area contributed by atoms with E-state index in [0.717, 1.165) is 38.5 Å². The van der Waals surface area contributed by atoms with Gasteiger partial charge < -0.3 is 18.8 Å². The summed E-state index contributed by atoms with van der Waals surface area (Å²) in [6.07, 6.45) is 0. The minimum Gasteiger partial charge on any atom is -0.496 e. The molecule has 3 aromatic carbocycles. The Kier molecular flexibility index (Phi) is 4.41. The van der Waals surface area contributed by atoms with Crippen LogP contribution in [0, 0.1) is 0 Å². The summed E-state index contributed by atoms with van der Waals surface area (Å²) < 4.78 is 22.3. The highest BCUT2D eigenvalue weighted by molar-refractivity contribution is 6.68. The average molecular weight is 310 g/mol. The molecular formula is C18H19BO4. The second-order valence-electron chi connectivity index (χ2n) is 5.21. The molecule has 0 saturated carbocycles. The molecule has 0 aromatic heterocycles. The summed E-state index contributed by atoms with van der Waals surface area (Å²) in [4.78, 5) is 0. The minimum atomic E-state index is -0.520. The Morgan fingerprint density at radius 1 is 0.696 bits per heavy atom. The van der Waals surface area contributed by atoms with Crippen molar-refractivity contribution >= 4 is 34.1 Å². The van der Waals surface area contributed by atoms with Gasteiger partial charge in [0.2, 0.25) is 0 Å². The summed E-state index contributed by atoms with van der Waals surface area (Å²) in [5.41, 5.74) is 0.914. The van der Waals surface area contributed by atoms with Crippen LogP contribution in [0.3, 0.4) is 0 Å². The monoisotopic (exact) mass is 310 g/mol. The fourth-order valence-corrected chi connectivity index (χ4v) is 3.11. The standard InChI is InChI=1S/C18H19BO4/c1-20-14-9-5-7-12-11-13-8-6-10-15(21-2)17(13)18(16(12)14)19(22-3)23-4/h5-11H,1-4H3. The van der Waals surface area contributed by atoms with E-state index in [1.54, 1.807) is 28.4 Å². The maximum absolute atomic E-state index is 5.58. The second-order valence-corrected chi connectivity index (χ2v) is 5.21. The molecule has 0 saturated heterocycles. The first-order chi connectivity index (χ1) is 11.2. The van der Waals surface area contributed by atoms with Crippen LogP contribution in [0.5, 0.6) is 11.5 Å². The normalized spacial score (nSPS) is 11.0. The van der Waals surface area contributed by atoms with Crippen molar-refractivity contribution in [3.63, 3.8) is 0 Å². The van der Waals surface area contributed by atoms with Gasteiger partial charge in [-0.05, 0) is 29.0 Å². The van der Waals surface area contributed by atoms with E-state index in [2.05, 4.69) is 18.2 Å². The number of ether oxygens (including phenoxy) is 2. The first-order valence-corrected chi connectivity index (χ1v) is 7.37. The van der Waals surface area contributed by atoms with Crippen LogP contribution in [0.15, 0.2) is 42.5 Å². The van der Waals surface area contributed by atoms with Gasteiger partial charge >= 0.3 is 7.12 Å². The number of hydrogen-bond acceptors (Lipinski definition) is 4. The molecule has 0 aliphatic rings. The Balaban J connectivity index is 2.55. The van der Waals surface area contributed by atoms with Crippen molar-refractivity contribution in [1.29, 1.82) is 0 Å². The molecule has 3 rings (SSSR count). The molecule has 0 heterocycles. The largest absolute Gasteiger partial charge is 0.496 e. The third-order valence-electron chi connectivity index (χ3n) is 4.07. The zero-order chi connectivity index (χ0) is 16.4. The zero-order valence-electron chi connectivity index (χ0n) is 13.8. The van der Waals surface area contributed by atoms with Gasteiger partial charge in [-0.2, -0.15) is 0 Å². The number of hydrogen-bond donors (Lipinski definition) is 0. The number of rotatable bonds is 5. The number of benzene rings is 3. The van der Waals surface area contributed by atoms with Crippen molar-refractivity contribution in [2.75, 3.05) is 28.4 Å². The first kappa shape index (κ1) is 15.7. The van der Waals surface area contributed by atoms with E-state index in [-0.39, 0.29) is 0 Å². The molecule has 0 atom stereocenters. The van der Waals surface area contributed by atoms with Crippen LogP contribution in [0.1, 0.15) is 0 Å². The first-order valence-electron chi connectivity index (χ1n) is 7.37. The predicted molar refractivity (Wildman–Crippen MR) is 94.0 cm³/mol. The van der Waals surface area contributed by atoms with E-state index < -0.39 is 7.12 Å². The number of fused-ring (bicyclic) bond motifs is 2. The maximum Gasteiger partial charge on any atom is 0.495 e. The molecule has 0 N–H and O–H groups in total. The van der Waals surface area contributed by atoms with Gasteiger partial charge in [0.05, 0.1) is 14.2 Å². The summed E-state index contributed by atoms with van der Waals surface area (Å²) in [5, 5.41) is 4.08. The number of methoxy groups -OCH3 is 2. The van der Waals surface area contributed by atoms with E-state index in [4.69, 9.17) is 18.8 Å². The molecule has 0 fully saturated rings. The highest BCUT2D eigenvalue weighted by atomic mass is 16.6. The van der Waals surface area contributed by atoms with Crippen molar-refractivity contribution in [3.8, 4) is 11.5 Å². The molecule has 0 bridgehead atoms. The minimum absolute atomic E-state index is 0.520. The van der Waals surface area contributed by atoms with Gasteiger partial charge in [0.15, 0.2) is 0 Å². The highest BCUT2D eigenvalue weighted by Crippen LogP contribution is 2.33. The molecule has 0 spiro atoms. The van der Waals surface area contributed by atoms with Crippen LogP contribution in [0.2, 0.25) is 0 Å². The predicted octanol–water partition coefficient (Wildman–Crippen LogP) is 3.00. The molecule has 5 heteroatoms. The summed E-state index contributed by atoms with van der Waals surface area (Å²) in [7, 11) is 6.07. The van der Waals surface area contributed by atoms with E-state index in [1.807, 2.05) is 24.3 Å². The molecule has 4 nitrogen and oxygen atoms in total. The average Bonchev–Trinajstić information content (AvgIpc) is 2.60. The summed E-state index contributed by atoms with van der Waals surface area (Å²) in [6, 6.07) is 14.1. The van der Waals surface area contributed by atoms with Crippen LogP contribution in [0.25, 0.3) is 21.5 Å². The Bertz CT molecular complexity index is 781. The fraction of sp³-hybridized carbons (Fsp3) is 0.222. The molecule has 3 aromatic rings. The van der Waals surface area contributed by atoms with Crippen LogP contribution in [0.4, 0.5) is 0 Å². The van der Waals surface area contributed by atoms with Gasteiger partial charge in [-0.15, -0.1) is 0 Å². The molecule has 0 aliphatic heterocycles. The lowest BCUT2D eigenvalue weighted by Crippen LogP contribution is -2.36. The van der Waals surface area contributed by atoms with Gasteiger partial charge in [0.1, 0.15) is 11.5 Å². The maximum atomic E-state index is 5.58. The molecule has 0 unspecified atom stereocenters. The second kappa shape index (κ2) is 6.48. The molecule has 0 amide bonds. The van der Waals surface area contributed by atoms with Gasteiger partial charge in [-0.1, -0.05) is 24.3 Å². The smallest absolute Gasteiger partial charge is 0.495 e. The van der Waals surface area contributed by atoms with Crippen LogP contribution >= 0.6 is 0 Å². The van der Waals surface area contributed by atoms with Crippen molar-refractivity contribution in [1.82, 2.24) is 0 Å². The van der Waals surface area contributed by atoms with Crippen molar-refractivity contribution < 1.29 is 18.8 Å². The van der Waals surface area contributed by atoms with Crippen LogP contribution < -0.4 is 14.9 Å². The van der Waals surface area contributed by atoms with E-state index in [9.17, 15) is 0 Å². The van der Waals surface area contributed by atoms with Gasteiger partial charge in [-0.3, -0.25) is 0 Å². The van der Waals surface area contributed by atoms with E-state index in [0.29, 0.717) is 0 Å². The molecule has 23 heavy (non-hydrogen) atoms. The fourth-order valence-electron chi connectivity index (χ4n) is 3.11. The zero-order valence-corrected chi connectivity index (χ0v) is 13.8. The van der Waals surface area contributed by atoms with Gasteiger partial charge in [-0.25, -0.2) is 0 Å². The Hall–Kier alpha value is -2.24.